The van der Waals surface area contributed by atoms with Crippen molar-refractivity contribution in [2.75, 3.05) is 13.7 Å². The van der Waals surface area contributed by atoms with Crippen molar-refractivity contribution in [1.29, 1.82) is 0 Å². The molecule has 1 saturated carbocycles. The van der Waals surface area contributed by atoms with Gasteiger partial charge in [-0.2, -0.15) is 0 Å². The van der Waals surface area contributed by atoms with Crippen molar-refractivity contribution in [3.05, 3.63) is 23.9 Å². The summed E-state index contributed by atoms with van der Waals surface area (Å²) in [5.41, 5.74) is 1.11. The van der Waals surface area contributed by atoms with Crippen LogP contribution in [0.5, 0.6) is 5.88 Å². The second-order valence-electron chi connectivity index (χ2n) is 5.38. The van der Waals surface area contributed by atoms with E-state index in [2.05, 4.69) is 10.3 Å². The van der Waals surface area contributed by atoms with E-state index in [-0.39, 0.29) is 6.10 Å². The minimum Gasteiger partial charge on any atom is -0.481 e. The van der Waals surface area contributed by atoms with Crippen molar-refractivity contribution in [2.45, 2.75) is 44.8 Å². The van der Waals surface area contributed by atoms with Gasteiger partial charge in [0.15, 0.2) is 0 Å². The van der Waals surface area contributed by atoms with Crippen molar-refractivity contribution in [1.82, 2.24) is 10.3 Å². The maximum absolute atomic E-state index is 9.97. The number of nitrogens with zero attached hydrogens (tertiary/aromatic N) is 1. The lowest BCUT2D eigenvalue weighted by atomic mass is 10.00. The minimum absolute atomic E-state index is 0.227. The van der Waals surface area contributed by atoms with E-state index >= 15 is 0 Å². The van der Waals surface area contributed by atoms with E-state index in [1.54, 1.807) is 13.3 Å². The molecule has 1 atom stereocenters. The zero-order chi connectivity index (χ0) is 13.5. The molecule has 4 nitrogen and oxygen atoms in total. The first kappa shape index (κ1) is 14.3. The van der Waals surface area contributed by atoms with Crippen LogP contribution in [0.15, 0.2) is 18.3 Å². The fourth-order valence-corrected chi connectivity index (χ4v) is 2.73. The Morgan fingerprint density at radius 1 is 1.42 bits per heavy atom. The number of nitrogens with one attached hydrogen (secondary N) is 1. The number of ether oxygens (including phenoxy) is 1. The molecule has 1 aromatic rings. The Balaban J connectivity index is 1.64. The van der Waals surface area contributed by atoms with Crippen LogP contribution in [-0.4, -0.2) is 29.8 Å². The molecule has 2 rings (SSSR count). The molecule has 2 N–H and O–H groups in total. The number of pyridine rings is 1. The lowest BCUT2D eigenvalue weighted by Crippen LogP contribution is -2.27. The highest BCUT2D eigenvalue weighted by atomic mass is 16.5. The molecular weight excluding hydrogens is 240 g/mol. The number of aliphatic hydroxyl groups is 1. The molecule has 0 radical (unpaired) electrons. The molecule has 0 spiro atoms. The van der Waals surface area contributed by atoms with Gasteiger partial charge in [-0.25, -0.2) is 4.98 Å². The van der Waals surface area contributed by atoms with Crippen LogP contribution in [0.1, 0.15) is 37.7 Å². The fourth-order valence-electron chi connectivity index (χ4n) is 2.73. The Morgan fingerprint density at radius 2 is 2.21 bits per heavy atom. The van der Waals surface area contributed by atoms with Gasteiger partial charge in [0, 0.05) is 25.4 Å². The molecule has 19 heavy (non-hydrogen) atoms. The highest BCUT2D eigenvalue weighted by molar-refractivity contribution is 5.17. The van der Waals surface area contributed by atoms with E-state index in [0.29, 0.717) is 12.4 Å². The summed E-state index contributed by atoms with van der Waals surface area (Å²) in [4.78, 5) is 4.15. The predicted octanol–water partition coefficient (Wildman–Crippen LogP) is 2.12. The van der Waals surface area contributed by atoms with Crippen LogP contribution in [-0.2, 0) is 6.54 Å². The molecule has 106 valence electrons. The molecule has 0 aromatic carbocycles. The molecule has 0 bridgehead atoms. The third-order valence-corrected chi connectivity index (χ3v) is 3.80. The van der Waals surface area contributed by atoms with Gasteiger partial charge in [-0.1, -0.05) is 31.7 Å². The maximum atomic E-state index is 9.97. The molecule has 1 aromatic heterocycles. The zero-order valence-corrected chi connectivity index (χ0v) is 11.6. The van der Waals surface area contributed by atoms with Crippen LogP contribution in [0.4, 0.5) is 0 Å². The Bertz CT molecular complexity index is 361. The summed E-state index contributed by atoms with van der Waals surface area (Å²) < 4.78 is 5.01. The Labute approximate surface area is 115 Å². The van der Waals surface area contributed by atoms with Crippen molar-refractivity contribution in [3.63, 3.8) is 0 Å². The van der Waals surface area contributed by atoms with E-state index in [0.717, 1.165) is 24.4 Å². The van der Waals surface area contributed by atoms with Gasteiger partial charge in [-0.15, -0.1) is 0 Å². The van der Waals surface area contributed by atoms with E-state index in [9.17, 15) is 5.11 Å². The molecule has 1 aliphatic rings. The summed E-state index contributed by atoms with van der Waals surface area (Å²) in [5.74, 6) is 1.37. The second-order valence-corrected chi connectivity index (χ2v) is 5.38. The third-order valence-electron chi connectivity index (χ3n) is 3.80. The van der Waals surface area contributed by atoms with Gasteiger partial charge < -0.3 is 15.2 Å². The smallest absolute Gasteiger partial charge is 0.212 e. The number of methoxy groups -OCH3 is 1. The largest absolute Gasteiger partial charge is 0.481 e. The van der Waals surface area contributed by atoms with Gasteiger partial charge in [0.2, 0.25) is 5.88 Å². The normalized spacial score (nSPS) is 17.6. The van der Waals surface area contributed by atoms with E-state index < -0.39 is 0 Å². The van der Waals surface area contributed by atoms with Gasteiger partial charge in [0.05, 0.1) is 13.2 Å². The average Bonchev–Trinajstić information content (AvgIpc) is 2.92. The summed E-state index contributed by atoms with van der Waals surface area (Å²) in [5, 5.41) is 13.3. The molecule has 4 heteroatoms. The van der Waals surface area contributed by atoms with Gasteiger partial charge >= 0.3 is 0 Å². The van der Waals surface area contributed by atoms with Crippen LogP contribution in [0, 0.1) is 5.92 Å². The SMILES string of the molecule is COc1ccc(CNCC(O)CC2CCCC2)cn1. The summed E-state index contributed by atoms with van der Waals surface area (Å²) in [6, 6.07) is 3.84. The number of hydrogen-bond donors (Lipinski definition) is 2. The van der Waals surface area contributed by atoms with E-state index in [1.165, 1.54) is 25.7 Å². The predicted molar refractivity (Wildman–Crippen MR) is 75.1 cm³/mol. The molecule has 0 saturated heterocycles. The molecular formula is C15H24N2O2. The fraction of sp³-hybridized carbons (Fsp3) is 0.667. The van der Waals surface area contributed by atoms with Crippen LogP contribution in [0.2, 0.25) is 0 Å². The average molecular weight is 264 g/mol. The number of aliphatic hydroxyl groups excluding tert-OH is 1. The Kier molecular flexibility index (Phi) is 5.61. The quantitative estimate of drug-likeness (QED) is 0.792. The monoisotopic (exact) mass is 264 g/mol. The number of rotatable bonds is 7. The van der Waals surface area contributed by atoms with Crippen molar-refractivity contribution in [2.24, 2.45) is 5.92 Å². The summed E-state index contributed by atoms with van der Waals surface area (Å²) in [7, 11) is 1.61. The minimum atomic E-state index is -0.227. The first-order chi connectivity index (χ1) is 9.28. The second kappa shape index (κ2) is 7.46. The molecule has 1 aliphatic carbocycles. The van der Waals surface area contributed by atoms with Crippen molar-refractivity contribution < 1.29 is 9.84 Å². The maximum Gasteiger partial charge on any atom is 0.212 e. The zero-order valence-electron chi connectivity index (χ0n) is 11.6. The summed E-state index contributed by atoms with van der Waals surface area (Å²) in [6.45, 7) is 1.39. The van der Waals surface area contributed by atoms with Crippen molar-refractivity contribution >= 4 is 0 Å². The van der Waals surface area contributed by atoms with Crippen LogP contribution >= 0.6 is 0 Å². The number of hydrogen-bond acceptors (Lipinski definition) is 4. The van der Waals surface area contributed by atoms with Crippen LogP contribution in [0.3, 0.4) is 0 Å². The van der Waals surface area contributed by atoms with Crippen LogP contribution < -0.4 is 10.1 Å². The molecule has 0 amide bonds. The van der Waals surface area contributed by atoms with Crippen molar-refractivity contribution in [3.8, 4) is 5.88 Å². The molecule has 1 fully saturated rings. The lowest BCUT2D eigenvalue weighted by Gasteiger charge is -2.16. The van der Waals surface area contributed by atoms with Gasteiger partial charge in [-0.3, -0.25) is 0 Å². The highest BCUT2D eigenvalue weighted by Crippen LogP contribution is 2.28. The summed E-state index contributed by atoms with van der Waals surface area (Å²) in [6.07, 6.45) is 7.77. The van der Waals surface area contributed by atoms with E-state index in [4.69, 9.17) is 4.74 Å². The Hall–Kier alpha value is -1.13. The Morgan fingerprint density at radius 3 is 2.84 bits per heavy atom. The topological polar surface area (TPSA) is 54.4 Å². The lowest BCUT2D eigenvalue weighted by molar-refractivity contribution is 0.140. The third kappa shape index (κ3) is 4.80. The highest BCUT2D eigenvalue weighted by Gasteiger charge is 2.18. The molecule has 1 heterocycles. The van der Waals surface area contributed by atoms with Gasteiger partial charge in [0.1, 0.15) is 0 Å². The van der Waals surface area contributed by atoms with Gasteiger partial charge in [0.25, 0.3) is 0 Å². The molecule has 0 aliphatic heterocycles. The first-order valence-corrected chi connectivity index (χ1v) is 7.15. The number of aromatic nitrogens is 1. The molecule has 1 unspecified atom stereocenters. The van der Waals surface area contributed by atoms with E-state index in [1.807, 2.05) is 12.1 Å². The summed E-state index contributed by atoms with van der Waals surface area (Å²) >= 11 is 0. The van der Waals surface area contributed by atoms with Crippen LogP contribution in [0.25, 0.3) is 0 Å². The van der Waals surface area contributed by atoms with Gasteiger partial charge in [-0.05, 0) is 17.9 Å². The standard InChI is InChI=1S/C15H24N2O2/c1-19-15-7-6-13(10-17-15)9-16-11-14(18)8-12-4-2-3-5-12/h6-7,10,12,14,16,18H,2-5,8-9,11H2,1H3. The first-order valence-electron chi connectivity index (χ1n) is 7.15.